The second kappa shape index (κ2) is 4.97. The third-order valence-electron chi connectivity index (χ3n) is 5.90. The van der Waals surface area contributed by atoms with Crippen LogP contribution in [0.25, 0.3) is 0 Å². The summed E-state index contributed by atoms with van der Waals surface area (Å²) in [4.78, 5) is 0. The first kappa shape index (κ1) is 14.3. The van der Waals surface area contributed by atoms with Crippen molar-refractivity contribution in [1.29, 1.82) is 0 Å². The zero-order valence-corrected chi connectivity index (χ0v) is 13.0. The first-order valence-corrected chi connectivity index (χ1v) is 7.62. The smallest absolute Gasteiger partial charge is 0.183 e. The molecule has 0 N–H and O–H groups in total. The summed E-state index contributed by atoms with van der Waals surface area (Å²) in [5, 5.41) is 0. The lowest BCUT2D eigenvalue weighted by atomic mass is 9.53. The maximum absolute atomic E-state index is 5.94. The Labute approximate surface area is 122 Å². The molecule has 6 atom stereocenters. The van der Waals surface area contributed by atoms with Crippen LogP contribution in [0.15, 0.2) is 23.8 Å². The number of ether oxygens (including phenoxy) is 3. The van der Waals surface area contributed by atoms with Crippen LogP contribution in [-0.4, -0.2) is 26.8 Å². The van der Waals surface area contributed by atoms with E-state index in [4.69, 9.17) is 14.2 Å². The minimum absolute atomic E-state index is 0.182. The summed E-state index contributed by atoms with van der Waals surface area (Å²) in [5.41, 5.74) is 2.87. The Kier molecular flexibility index (Phi) is 3.56. The Bertz CT molecular complexity index is 442. The minimum atomic E-state index is -0.240. The summed E-state index contributed by atoms with van der Waals surface area (Å²) in [6.07, 6.45) is 5.36. The number of allylic oxidation sites excluding steroid dienone is 2. The van der Waals surface area contributed by atoms with Crippen molar-refractivity contribution in [3.05, 3.63) is 23.8 Å². The van der Waals surface area contributed by atoms with Crippen molar-refractivity contribution in [2.24, 2.45) is 23.2 Å². The SMILES string of the molecule is C=C1[C@@H](C)CC[C@]2(C)[C@@H]3C(=CC[C@@H]12)[C@H](OC)O[C@H]3OC. The number of hydrogen-bond donors (Lipinski definition) is 0. The van der Waals surface area contributed by atoms with Gasteiger partial charge in [-0.1, -0.05) is 32.1 Å². The molecule has 0 radical (unpaired) electrons. The Balaban J connectivity index is 2.00. The molecule has 0 aromatic carbocycles. The molecule has 2 aliphatic carbocycles. The van der Waals surface area contributed by atoms with Crippen LogP contribution in [0.4, 0.5) is 0 Å². The molecule has 0 spiro atoms. The van der Waals surface area contributed by atoms with E-state index in [2.05, 4.69) is 26.5 Å². The van der Waals surface area contributed by atoms with Gasteiger partial charge in [0.1, 0.15) is 0 Å². The van der Waals surface area contributed by atoms with Crippen molar-refractivity contribution in [3.8, 4) is 0 Å². The molecule has 0 amide bonds. The molecule has 1 aliphatic heterocycles. The van der Waals surface area contributed by atoms with Crippen molar-refractivity contribution in [1.82, 2.24) is 0 Å². The van der Waals surface area contributed by atoms with Crippen molar-refractivity contribution in [2.45, 2.75) is 45.7 Å². The van der Waals surface area contributed by atoms with Gasteiger partial charge < -0.3 is 14.2 Å². The zero-order chi connectivity index (χ0) is 14.5. The molecule has 0 aromatic rings. The summed E-state index contributed by atoms with van der Waals surface area (Å²) in [5.74, 6) is 1.46. The van der Waals surface area contributed by atoms with Crippen molar-refractivity contribution < 1.29 is 14.2 Å². The minimum Gasteiger partial charge on any atom is -0.355 e. The van der Waals surface area contributed by atoms with Gasteiger partial charge in [-0.25, -0.2) is 0 Å². The Morgan fingerprint density at radius 3 is 2.75 bits per heavy atom. The average Bonchev–Trinajstić information content (AvgIpc) is 2.82. The summed E-state index contributed by atoms with van der Waals surface area (Å²) in [6.45, 7) is 9.08. The van der Waals surface area contributed by atoms with E-state index >= 15 is 0 Å². The molecule has 0 aromatic heterocycles. The Morgan fingerprint density at radius 2 is 2.10 bits per heavy atom. The quantitative estimate of drug-likeness (QED) is 0.723. The normalized spacial score (nSPS) is 47.7. The van der Waals surface area contributed by atoms with Gasteiger partial charge >= 0.3 is 0 Å². The summed E-state index contributed by atoms with van der Waals surface area (Å²) in [6, 6.07) is 0. The number of hydrogen-bond acceptors (Lipinski definition) is 3. The first-order chi connectivity index (χ1) is 9.52. The molecule has 20 heavy (non-hydrogen) atoms. The summed E-state index contributed by atoms with van der Waals surface area (Å²) >= 11 is 0. The van der Waals surface area contributed by atoms with Gasteiger partial charge in [0, 0.05) is 20.1 Å². The maximum atomic E-state index is 5.94. The van der Waals surface area contributed by atoms with Crippen LogP contribution in [0.3, 0.4) is 0 Å². The van der Waals surface area contributed by atoms with E-state index in [1.807, 2.05) is 0 Å². The fourth-order valence-electron chi connectivity index (χ4n) is 4.58. The Morgan fingerprint density at radius 1 is 1.35 bits per heavy atom. The van der Waals surface area contributed by atoms with Crippen molar-refractivity contribution in [3.63, 3.8) is 0 Å². The predicted molar refractivity (Wildman–Crippen MR) is 78.0 cm³/mol. The van der Waals surface area contributed by atoms with E-state index in [-0.39, 0.29) is 18.0 Å². The van der Waals surface area contributed by atoms with Crippen LogP contribution in [0, 0.1) is 23.2 Å². The van der Waals surface area contributed by atoms with Gasteiger partial charge in [0.25, 0.3) is 0 Å². The number of rotatable bonds is 2. The van der Waals surface area contributed by atoms with Gasteiger partial charge in [-0.2, -0.15) is 0 Å². The summed E-state index contributed by atoms with van der Waals surface area (Å²) in [7, 11) is 3.43. The van der Waals surface area contributed by atoms with E-state index in [0.717, 1.165) is 6.42 Å². The van der Waals surface area contributed by atoms with Gasteiger partial charge in [0.2, 0.25) is 0 Å². The molecular formula is C17H26O3. The van der Waals surface area contributed by atoms with Crippen LogP contribution < -0.4 is 0 Å². The van der Waals surface area contributed by atoms with E-state index in [0.29, 0.717) is 17.8 Å². The Hall–Kier alpha value is -0.640. The second-order valence-corrected chi connectivity index (χ2v) is 6.80. The number of fused-ring (bicyclic) bond motifs is 3. The second-order valence-electron chi connectivity index (χ2n) is 6.80. The zero-order valence-electron chi connectivity index (χ0n) is 13.0. The highest BCUT2D eigenvalue weighted by atomic mass is 16.8. The molecule has 1 heterocycles. The van der Waals surface area contributed by atoms with E-state index < -0.39 is 0 Å². The third-order valence-corrected chi connectivity index (χ3v) is 5.90. The van der Waals surface area contributed by atoms with Crippen LogP contribution >= 0.6 is 0 Å². The third kappa shape index (κ3) is 1.83. The molecule has 1 saturated carbocycles. The molecule has 0 bridgehead atoms. The average molecular weight is 278 g/mol. The van der Waals surface area contributed by atoms with E-state index in [1.54, 1.807) is 14.2 Å². The molecule has 1 saturated heterocycles. The lowest BCUT2D eigenvalue weighted by Crippen LogP contribution is -2.47. The predicted octanol–water partition coefficient (Wildman–Crippen LogP) is 3.52. The fourth-order valence-corrected chi connectivity index (χ4v) is 4.58. The standard InChI is InChI=1S/C17H26O3/c1-10-8-9-17(3)13(11(10)2)7-6-12-14(17)16(19-5)20-15(12)18-4/h6,10,13-16H,2,7-9H2,1,3-5H3/t10-,13-,14+,15+,16+,17-/m0/s1. The molecule has 2 fully saturated rings. The van der Waals surface area contributed by atoms with Gasteiger partial charge in [0.05, 0.1) is 0 Å². The molecule has 0 unspecified atom stereocenters. The molecular weight excluding hydrogens is 252 g/mol. The van der Waals surface area contributed by atoms with Crippen LogP contribution in [0.5, 0.6) is 0 Å². The maximum Gasteiger partial charge on any atom is 0.183 e. The van der Waals surface area contributed by atoms with Gasteiger partial charge in [0.15, 0.2) is 12.6 Å². The molecule has 112 valence electrons. The topological polar surface area (TPSA) is 27.7 Å². The van der Waals surface area contributed by atoms with E-state index in [9.17, 15) is 0 Å². The molecule has 3 aliphatic rings. The van der Waals surface area contributed by atoms with Crippen LogP contribution in [-0.2, 0) is 14.2 Å². The van der Waals surface area contributed by atoms with Gasteiger partial charge in [-0.05, 0) is 42.1 Å². The number of methoxy groups -OCH3 is 2. The highest BCUT2D eigenvalue weighted by molar-refractivity contribution is 5.29. The van der Waals surface area contributed by atoms with Gasteiger partial charge in [-0.15, -0.1) is 0 Å². The molecule has 3 heteroatoms. The van der Waals surface area contributed by atoms with Crippen LogP contribution in [0.1, 0.15) is 33.1 Å². The van der Waals surface area contributed by atoms with Gasteiger partial charge in [-0.3, -0.25) is 0 Å². The highest BCUT2D eigenvalue weighted by Gasteiger charge is 2.57. The van der Waals surface area contributed by atoms with Crippen molar-refractivity contribution >= 4 is 0 Å². The lowest BCUT2D eigenvalue weighted by Gasteiger charge is -2.52. The van der Waals surface area contributed by atoms with E-state index in [1.165, 1.54) is 24.0 Å². The first-order valence-electron chi connectivity index (χ1n) is 7.62. The summed E-state index contributed by atoms with van der Waals surface area (Å²) < 4.78 is 17.0. The highest BCUT2D eigenvalue weighted by Crippen LogP contribution is 2.60. The fraction of sp³-hybridized carbons (Fsp3) is 0.765. The lowest BCUT2D eigenvalue weighted by molar-refractivity contribution is -0.201. The van der Waals surface area contributed by atoms with Crippen LogP contribution in [0.2, 0.25) is 0 Å². The molecule has 3 rings (SSSR count). The monoisotopic (exact) mass is 278 g/mol. The molecule has 3 nitrogen and oxygen atoms in total. The van der Waals surface area contributed by atoms with Crippen molar-refractivity contribution in [2.75, 3.05) is 14.2 Å². The largest absolute Gasteiger partial charge is 0.355 e.